The highest BCUT2D eigenvalue weighted by molar-refractivity contribution is 7.99. The van der Waals surface area contributed by atoms with E-state index in [4.69, 9.17) is 10.8 Å². The number of nitrogens with two attached hydrogens (primary N) is 1. The number of sulfonamides is 1. The molecule has 3 aliphatic heterocycles. The van der Waals surface area contributed by atoms with Crippen LogP contribution in [0.25, 0.3) is 0 Å². The van der Waals surface area contributed by atoms with Gasteiger partial charge in [0.1, 0.15) is 11.7 Å². The molecule has 3 heterocycles. The van der Waals surface area contributed by atoms with E-state index in [-0.39, 0.29) is 18.7 Å². The lowest BCUT2D eigenvalue weighted by Gasteiger charge is -2.22. The van der Waals surface area contributed by atoms with Crippen molar-refractivity contribution in [1.29, 1.82) is 0 Å². The average molecular weight is 572 g/mol. The number of fused-ring (bicyclic) bond motifs is 3. The topological polar surface area (TPSA) is 185 Å². The molecule has 0 radical (unpaired) electrons. The number of anilines is 1. The third kappa shape index (κ3) is 6.30. The van der Waals surface area contributed by atoms with Gasteiger partial charge in [0.15, 0.2) is 0 Å². The Morgan fingerprint density at radius 1 is 1.05 bits per heavy atom. The van der Waals surface area contributed by atoms with Gasteiger partial charge in [0.2, 0.25) is 10.0 Å². The summed E-state index contributed by atoms with van der Waals surface area (Å²) in [6, 6.07) is 20.3. The van der Waals surface area contributed by atoms with Crippen molar-refractivity contribution in [2.75, 3.05) is 12.0 Å². The van der Waals surface area contributed by atoms with Gasteiger partial charge in [0.05, 0.1) is 15.1 Å². The first-order valence-electron chi connectivity index (χ1n) is 11.7. The first-order valence-corrected chi connectivity index (χ1v) is 14.1. The summed E-state index contributed by atoms with van der Waals surface area (Å²) in [7, 11) is -4.23. The molecule has 204 valence electrons. The van der Waals surface area contributed by atoms with E-state index in [2.05, 4.69) is 60.0 Å². The summed E-state index contributed by atoms with van der Waals surface area (Å²) in [5.41, 5.74) is 11.0. The number of hydrazine groups is 1. The second-order valence-corrected chi connectivity index (χ2v) is 11.7. The molecule has 2 unspecified atom stereocenters. The van der Waals surface area contributed by atoms with Crippen molar-refractivity contribution in [3.05, 3.63) is 94.0 Å². The summed E-state index contributed by atoms with van der Waals surface area (Å²) >= 11 is 1.94. The minimum Gasteiger partial charge on any atom is -0.480 e. The number of aliphatic carboxylic acids is 1. The van der Waals surface area contributed by atoms with Gasteiger partial charge < -0.3 is 10.8 Å². The van der Waals surface area contributed by atoms with Gasteiger partial charge in [-0.25, -0.2) is 13.2 Å². The quantitative estimate of drug-likeness (QED) is 0.242. The number of hydrogen-bond acceptors (Lipinski definition) is 8. The molecule has 2 amide bonds. The Balaban J connectivity index is 0.000000210. The van der Waals surface area contributed by atoms with Crippen molar-refractivity contribution in [1.82, 2.24) is 9.73 Å². The third-order valence-corrected chi connectivity index (χ3v) is 9.35. The molecule has 39 heavy (non-hydrogen) atoms. The molecule has 12 nitrogen and oxygen atoms in total. The molecule has 0 aliphatic carbocycles. The van der Waals surface area contributed by atoms with Crippen LogP contribution in [-0.4, -0.2) is 47.3 Å². The van der Waals surface area contributed by atoms with Crippen LogP contribution in [0.1, 0.15) is 29.2 Å². The zero-order chi connectivity index (χ0) is 28.2. The fourth-order valence-electron chi connectivity index (χ4n) is 4.28. The van der Waals surface area contributed by atoms with Gasteiger partial charge in [0.25, 0.3) is 5.69 Å². The van der Waals surface area contributed by atoms with Crippen LogP contribution in [0.3, 0.4) is 0 Å². The number of hydrogen-bond donors (Lipinski definition) is 4. The van der Waals surface area contributed by atoms with Crippen LogP contribution in [0.5, 0.6) is 0 Å². The molecule has 0 saturated carbocycles. The molecule has 6 rings (SSSR count). The molecule has 0 aromatic heterocycles. The van der Waals surface area contributed by atoms with E-state index in [0.29, 0.717) is 11.7 Å². The lowest BCUT2D eigenvalue weighted by Crippen LogP contribution is -2.40. The van der Waals surface area contributed by atoms with Gasteiger partial charge in [-0.05, 0) is 48.2 Å². The smallest absolute Gasteiger partial charge is 0.330 e. The van der Waals surface area contributed by atoms with E-state index in [1.807, 2.05) is 17.2 Å². The van der Waals surface area contributed by atoms with Crippen LogP contribution in [0.15, 0.2) is 82.6 Å². The fraction of sp³-hybridized carbons (Fsp3) is 0.200. The maximum absolute atomic E-state index is 12.6. The number of nitrogens with zero attached hydrogens (tertiary/aromatic N) is 2. The number of amides is 2. The second-order valence-electron chi connectivity index (χ2n) is 8.64. The molecule has 1 fully saturated rings. The van der Waals surface area contributed by atoms with E-state index in [0.717, 1.165) is 22.5 Å². The predicted molar refractivity (Wildman–Crippen MR) is 145 cm³/mol. The fourth-order valence-corrected chi connectivity index (χ4v) is 7.10. The summed E-state index contributed by atoms with van der Waals surface area (Å²) < 4.78 is 26.1. The Morgan fingerprint density at radius 2 is 1.72 bits per heavy atom. The molecule has 14 heteroatoms. The average Bonchev–Trinajstić information content (AvgIpc) is 3.45. The number of primary amides is 1. The predicted octanol–water partition coefficient (Wildman–Crippen LogP) is 3.71. The Labute approximate surface area is 228 Å². The maximum atomic E-state index is 12.6. The van der Waals surface area contributed by atoms with Crippen LogP contribution in [0, 0.1) is 10.1 Å². The second kappa shape index (κ2) is 11.7. The molecule has 0 spiro atoms. The molecule has 5 N–H and O–H groups in total. The first kappa shape index (κ1) is 27.9. The van der Waals surface area contributed by atoms with E-state index >= 15 is 0 Å². The molecular formula is C25H25N5O7S2. The minimum atomic E-state index is -4.23. The molecule has 2 bridgehead atoms. The lowest BCUT2D eigenvalue weighted by molar-refractivity contribution is -0.384. The van der Waals surface area contributed by atoms with Crippen LogP contribution >= 0.6 is 11.8 Å². The molecule has 3 aromatic rings. The number of urea groups is 1. The van der Waals surface area contributed by atoms with Crippen LogP contribution < -0.4 is 16.6 Å². The highest BCUT2D eigenvalue weighted by Crippen LogP contribution is 2.44. The Morgan fingerprint density at radius 3 is 2.28 bits per heavy atom. The highest BCUT2D eigenvalue weighted by atomic mass is 32.2. The normalized spacial score (nSPS) is 18.1. The van der Waals surface area contributed by atoms with Crippen molar-refractivity contribution in [3.63, 3.8) is 0 Å². The SMILES string of the molecule is NC(=O)NNc1ccc(S(=O)(=O)N2CCCC2C(=O)O)cc1[N+](=O)[O-].c1ccc(C2Sc3ccc2cc3)cc1. The number of nitro groups is 1. The molecule has 1 saturated heterocycles. The summed E-state index contributed by atoms with van der Waals surface area (Å²) in [5, 5.41) is 20.8. The van der Waals surface area contributed by atoms with Gasteiger partial charge in [-0.3, -0.25) is 25.8 Å². The molecule has 2 atom stereocenters. The van der Waals surface area contributed by atoms with Crippen molar-refractivity contribution in [2.24, 2.45) is 5.73 Å². The number of carboxylic acids is 1. The maximum Gasteiger partial charge on any atom is 0.330 e. The van der Waals surface area contributed by atoms with Gasteiger partial charge in [-0.15, -0.1) is 11.8 Å². The van der Waals surface area contributed by atoms with Crippen molar-refractivity contribution in [2.45, 2.75) is 33.9 Å². The van der Waals surface area contributed by atoms with Gasteiger partial charge in [-0.1, -0.05) is 42.5 Å². The summed E-state index contributed by atoms with van der Waals surface area (Å²) in [6.07, 6.45) is 0.541. The number of carbonyl (C=O) groups is 2. The van der Waals surface area contributed by atoms with Crippen LogP contribution in [0.2, 0.25) is 0 Å². The number of rotatable bonds is 7. The third-order valence-electron chi connectivity index (χ3n) is 6.12. The van der Waals surface area contributed by atoms with Gasteiger partial charge in [0, 0.05) is 17.5 Å². The highest BCUT2D eigenvalue weighted by Gasteiger charge is 2.40. The number of thioether (sulfide) groups is 1. The minimum absolute atomic E-state index is 0.0102. The van der Waals surface area contributed by atoms with Gasteiger partial charge >= 0.3 is 12.0 Å². The Hall–Kier alpha value is -4.14. The summed E-state index contributed by atoms with van der Waals surface area (Å²) in [6.45, 7) is 0.0102. The largest absolute Gasteiger partial charge is 0.480 e. The van der Waals surface area contributed by atoms with Crippen LogP contribution in [0.4, 0.5) is 16.2 Å². The monoisotopic (exact) mass is 571 g/mol. The molecule has 3 aromatic carbocycles. The van der Waals surface area contributed by atoms with E-state index in [1.165, 1.54) is 16.0 Å². The van der Waals surface area contributed by atoms with E-state index < -0.39 is 43.6 Å². The summed E-state index contributed by atoms with van der Waals surface area (Å²) in [5.74, 6) is -1.28. The molecule has 3 aliphatic rings. The van der Waals surface area contributed by atoms with Crippen molar-refractivity contribution >= 4 is 45.2 Å². The summed E-state index contributed by atoms with van der Waals surface area (Å²) in [4.78, 5) is 33.1. The standard InChI is InChI=1S/C13H10S.C12H15N5O7S/c1-2-4-10(5-3-1)13-11-6-8-12(14-13)9-7-11;13-12(20)15-14-8-4-3-7(6-10(8)17(21)22)25(23,24)16-5-1-2-9(16)11(18)19/h1-9,13H;3-4,6,9,14H,1-2,5H2,(H,18,19)(H3,13,15,20). The number of carboxylic acid groups (broad SMARTS) is 1. The van der Waals surface area contributed by atoms with Crippen molar-refractivity contribution in [3.8, 4) is 0 Å². The molecular weight excluding hydrogens is 546 g/mol. The lowest BCUT2D eigenvalue weighted by atomic mass is 10.0. The number of nitro benzene ring substituents is 1. The Bertz CT molecular complexity index is 1480. The van der Waals surface area contributed by atoms with E-state index in [1.54, 1.807) is 0 Å². The zero-order valence-corrected chi connectivity index (χ0v) is 22.0. The van der Waals surface area contributed by atoms with Crippen LogP contribution in [-0.2, 0) is 14.8 Å². The zero-order valence-electron chi connectivity index (χ0n) is 20.4. The first-order chi connectivity index (χ1) is 18.6. The van der Waals surface area contributed by atoms with E-state index in [9.17, 15) is 28.1 Å². The number of benzene rings is 3. The number of nitrogens with one attached hydrogen (secondary N) is 2. The number of carbonyl (C=O) groups excluding carboxylic acids is 1. The van der Waals surface area contributed by atoms with Crippen molar-refractivity contribution < 1.29 is 28.0 Å². The Kier molecular flexibility index (Phi) is 8.38. The van der Waals surface area contributed by atoms with Gasteiger partial charge in [-0.2, -0.15) is 4.31 Å².